The lowest BCUT2D eigenvalue weighted by molar-refractivity contribution is -0.134. The van der Waals surface area contributed by atoms with E-state index in [-0.39, 0.29) is 12.5 Å². The lowest BCUT2D eigenvalue weighted by Crippen LogP contribution is -2.43. The second-order valence-electron chi connectivity index (χ2n) is 9.21. The van der Waals surface area contributed by atoms with E-state index in [1.807, 2.05) is 35.2 Å². The Morgan fingerprint density at radius 1 is 1.03 bits per heavy atom. The van der Waals surface area contributed by atoms with E-state index in [9.17, 15) is 4.79 Å². The summed E-state index contributed by atoms with van der Waals surface area (Å²) >= 11 is 0. The fourth-order valence-corrected chi connectivity index (χ4v) is 4.74. The number of piperidine rings is 1. The number of hydrogen-bond donors (Lipinski definition) is 0. The van der Waals surface area contributed by atoms with Gasteiger partial charge in [-0.05, 0) is 30.9 Å². The maximum Gasteiger partial charge on any atom is 0.260 e. The Balaban J connectivity index is 1.36. The highest BCUT2D eigenvalue weighted by atomic mass is 16.5. The molecular weight excluding hydrogens is 418 g/mol. The van der Waals surface area contributed by atoms with Gasteiger partial charge in [0, 0.05) is 44.7 Å². The number of anilines is 2. The molecule has 0 N–H and O–H groups in total. The van der Waals surface area contributed by atoms with Crippen LogP contribution in [0.2, 0.25) is 0 Å². The number of nitrogens with zero attached hydrogens (tertiary/aromatic N) is 5. The molecular formula is C25H33N5O3. The molecule has 8 nitrogen and oxygen atoms in total. The van der Waals surface area contributed by atoms with Gasteiger partial charge in [-0.1, -0.05) is 25.1 Å². The molecule has 0 aliphatic carbocycles. The van der Waals surface area contributed by atoms with Gasteiger partial charge < -0.3 is 24.2 Å². The number of morpholine rings is 1. The Kier molecular flexibility index (Phi) is 6.62. The summed E-state index contributed by atoms with van der Waals surface area (Å²) in [7, 11) is 0. The van der Waals surface area contributed by atoms with Crippen molar-refractivity contribution >= 4 is 17.7 Å². The van der Waals surface area contributed by atoms with Crippen LogP contribution in [-0.4, -0.2) is 73.3 Å². The summed E-state index contributed by atoms with van der Waals surface area (Å²) in [5.74, 6) is 3.27. The highest BCUT2D eigenvalue weighted by Crippen LogP contribution is 2.31. The molecule has 2 saturated heterocycles. The molecule has 2 fully saturated rings. The molecule has 0 atom stereocenters. The maximum absolute atomic E-state index is 12.9. The minimum Gasteiger partial charge on any atom is -0.484 e. The molecule has 1 amide bonds. The van der Waals surface area contributed by atoms with Gasteiger partial charge in [0.2, 0.25) is 5.95 Å². The molecule has 0 radical (unpaired) electrons. The molecule has 3 aliphatic rings. The number of carbonyl (C=O) groups excluding carboxylic acids is 1. The molecule has 0 unspecified atom stereocenters. The van der Waals surface area contributed by atoms with E-state index >= 15 is 0 Å². The topological polar surface area (TPSA) is 71.0 Å². The second kappa shape index (κ2) is 9.95. The van der Waals surface area contributed by atoms with Crippen LogP contribution in [0.1, 0.15) is 31.0 Å². The Labute approximate surface area is 195 Å². The van der Waals surface area contributed by atoms with Crippen LogP contribution in [0, 0.1) is 5.92 Å². The molecule has 0 bridgehead atoms. The van der Waals surface area contributed by atoms with Crippen LogP contribution < -0.4 is 14.5 Å². The molecule has 2 aromatic rings. The predicted octanol–water partition coefficient (Wildman–Crippen LogP) is 2.51. The number of carbonyl (C=O) groups is 1. The number of benzene rings is 1. The van der Waals surface area contributed by atoms with Gasteiger partial charge in [-0.2, -0.15) is 4.98 Å². The maximum atomic E-state index is 12.9. The average Bonchev–Trinajstić information content (AvgIpc) is 2.88. The van der Waals surface area contributed by atoms with Crippen LogP contribution in [0.25, 0.3) is 0 Å². The number of rotatable bonds is 5. The van der Waals surface area contributed by atoms with Crippen molar-refractivity contribution < 1.29 is 14.3 Å². The lowest BCUT2D eigenvalue weighted by Gasteiger charge is -2.36. The van der Waals surface area contributed by atoms with Gasteiger partial charge in [0.05, 0.1) is 25.5 Å². The highest BCUT2D eigenvalue weighted by molar-refractivity contribution is 5.78. The summed E-state index contributed by atoms with van der Waals surface area (Å²) in [6.07, 6.45) is 3.09. The van der Waals surface area contributed by atoms with Gasteiger partial charge >= 0.3 is 0 Å². The van der Waals surface area contributed by atoms with Gasteiger partial charge in [0.1, 0.15) is 11.6 Å². The second-order valence-corrected chi connectivity index (χ2v) is 9.21. The summed E-state index contributed by atoms with van der Waals surface area (Å²) < 4.78 is 11.3. The molecule has 4 heterocycles. The standard InChI is InChI=1S/C25H33N5O3/c1-19-7-10-29(11-8-19)25-26-22-9-12-30(23(31)18-33-20-5-3-2-4-6-20)17-21(22)24(27-25)28-13-15-32-16-14-28/h2-6,19H,7-18H2,1H3. The van der Waals surface area contributed by atoms with Gasteiger partial charge in [-0.3, -0.25) is 4.79 Å². The first kappa shape index (κ1) is 21.9. The van der Waals surface area contributed by atoms with Crippen molar-refractivity contribution in [3.05, 3.63) is 41.6 Å². The fourth-order valence-electron chi connectivity index (χ4n) is 4.74. The van der Waals surface area contributed by atoms with Crippen LogP contribution in [0.3, 0.4) is 0 Å². The van der Waals surface area contributed by atoms with E-state index < -0.39 is 0 Å². The van der Waals surface area contributed by atoms with E-state index in [0.29, 0.717) is 32.1 Å². The number of para-hydroxylation sites is 1. The van der Waals surface area contributed by atoms with Crippen LogP contribution in [0.5, 0.6) is 5.75 Å². The van der Waals surface area contributed by atoms with Crippen molar-refractivity contribution in [2.75, 3.05) is 62.3 Å². The third kappa shape index (κ3) is 5.05. The molecule has 8 heteroatoms. The minimum absolute atomic E-state index is 0.00785. The third-order valence-corrected chi connectivity index (χ3v) is 6.86. The van der Waals surface area contributed by atoms with E-state index in [1.165, 1.54) is 12.8 Å². The van der Waals surface area contributed by atoms with Gasteiger partial charge in [0.25, 0.3) is 5.91 Å². The molecule has 3 aliphatic heterocycles. The third-order valence-electron chi connectivity index (χ3n) is 6.86. The summed E-state index contributed by atoms with van der Waals surface area (Å²) in [5.41, 5.74) is 2.15. The van der Waals surface area contributed by atoms with E-state index in [2.05, 4.69) is 16.7 Å². The Morgan fingerprint density at radius 3 is 2.55 bits per heavy atom. The Morgan fingerprint density at radius 2 is 1.79 bits per heavy atom. The fraction of sp³-hybridized carbons (Fsp3) is 0.560. The summed E-state index contributed by atoms with van der Waals surface area (Å²) in [5, 5.41) is 0. The SMILES string of the molecule is CC1CCN(c2nc3c(c(N4CCOCC4)n2)CN(C(=O)COc2ccccc2)CC3)CC1. The molecule has 5 rings (SSSR count). The summed E-state index contributed by atoms with van der Waals surface area (Å²) in [6.45, 7) is 8.56. The number of hydrogen-bond acceptors (Lipinski definition) is 7. The first-order valence-corrected chi connectivity index (χ1v) is 12.1. The number of amides is 1. The van der Waals surface area contributed by atoms with E-state index in [4.69, 9.17) is 19.4 Å². The first-order valence-electron chi connectivity index (χ1n) is 12.1. The zero-order chi connectivity index (χ0) is 22.6. The van der Waals surface area contributed by atoms with Crippen molar-refractivity contribution in [1.29, 1.82) is 0 Å². The molecule has 0 spiro atoms. The van der Waals surface area contributed by atoms with Crippen molar-refractivity contribution in [3.63, 3.8) is 0 Å². The molecule has 1 aromatic heterocycles. The van der Waals surface area contributed by atoms with Crippen LogP contribution in [0.15, 0.2) is 30.3 Å². The average molecular weight is 452 g/mol. The van der Waals surface area contributed by atoms with Crippen LogP contribution in [0.4, 0.5) is 11.8 Å². The van der Waals surface area contributed by atoms with E-state index in [0.717, 1.165) is 61.5 Å². The van der Waals surface area contributed by atoms with Crippen molar-refractivity contribution in [3.8, 4) is 5.75 Å². The van der Waals surface area contributed by atoms with Crippen LogP contribution >= 0.6 is 0 Å². The Hall–Kier alpha value is -2.87. The first-order chi connectivity index (χ1) is 16.2. The van der Waals surface area contributed by atoms with Crippen molar-refractivity contribution in [2.24, 2.45) is 5.92 Å². The Bertz CT molecular complexity index is 956. The molecule has 176 valence electrons. The monoisotopic (exact) mass is 451 g/mol. The smallest absolute Gasteiger partial charge is 0.260 e. The zero-order valence-corrected chi connectivity index (χ0v) is 19.4. The summed E-state index contributed by atoms with van der Waals surface area (Å²) in [6, 6.07) is 9.48. The van der Waals surface area contributed by atoms with E-state index in [1.54, 1.807) is 0 Å². The predicted molar refractivity (Wildman–Crippen MR) is 127 cm³/mol. The van der Waals surface area contributed by atoms with Gasteiger partial charge in [-0.25, -0.2) is 4.98 Å². The summed E-state index contributed by atoms with van der Waals surface area (Å²) in [4.78, 5) is 29.5. The molecule has 33 heavy (non-hydrogen) atoms. The normalized spacial score (nSPS) is 19.4. The van der Waals surface area contributed by atoms with Gasteiger partial charge in [-0.15, -0.1) is 0 Å². The zero-order valence-electron chi connectivity index (χ0n) is 19.4. The van der Waals surface area contributed by atoms with Crippen molar-refractivity contribution in [1.82, 2.24) is 14.9 Å². The molecule has 1 aromatic carbocycles. The minimum atomic E-state index is -0.00785. The van der Waals surface area contributed by atoms with Gasteiger partial charge in [0.15, 0.2) is 6.61 Å². The number of aromatic nitrogens is 2. The lowest BCUT2D eigenvalue weighted by atomic mass is 9.99. The van der Waals surface area contributed by atoms with Crippen molar-refractivity contribution in [2.45, 2.75) is 32.7 Å². The van der Waals surface area contributed by atoms with Crippen LogP contribution in [-0.2, 0) is 22.5 Å². The largest absolute Gasteiger partial charge is 0.484 e. The molecule has 0 saturated carbocycles. The number of fused-ring (bicyclic) bond motifs is 1. The number of ether oxygens (including phenoxy) is 2. The highest BCUT2D eigenvalue weighted by Gasteiger charge is 2.30. The quantitative estimate of drug-likeness (QED) is 0.692.